The van der Waals surface area contributed by atoms with Crippen LogP contribution in [-0.2, 0) is 9.59 Å². The fraction of sp³-hybridized carbons (Fsp3) is 0.429. The number of likely N-dealkylation sites (tertiary alicyclic amines) is 1. The van der Waals surface area contributed by atoms with Gasteiger partial charge >= 0.3 is 0 Å². The highest BCUT2D eigenvalue weighted by molar-refractivity contribution is 6.02. The number of aliphatic hydroxyl groups is 1. The highest BCUT2D eigenvalue weighted by Crippen LogP contribution is 2.33. The van der Waals surface area contributed by atoms with Crippen LogP contribution in [0.3, 0.4) is 0 Å². The van der Waals surface area contributed by atoms with E-state index in [9.17, 15) is 14.7 Å². The Balaban J connectivity index is 2.37. The van der Waals surface area contributed by atoms with Crippen molar-refractivity contribution in [3.05, 3.63) is 23.8 Å². The van der Waals surface area contributed by atoms with Crippen molar-refractivity contribution in [1.29, 1.82) is 0 Å². The van der Waals surface area contributed by atoms with Gasteiger partial charge in [0, 0.05) is 12.8 Å². The normalized spacial score (nSPS) is 16.4. The van der Waals surface area contributed by atoms with Crippen molar-refractivity contribution in [2.75, 3.05) is 20.8 Å². The summed E-state index contributed by atoms with van der Waals surface area (Å²) in [6.45, 7) is -0.326. The van der Waals surface area contributed by atoms with Crippen LogP contribution in [0.4, 0.5) is 0 Å². The zero-order valence-corrected chi connectivity index (χ0v) is 11.5. The van der Waals surface area contributed by atoms with Gasteiger partial charge in [-0.2, -0.15) is 0 Å². The number of rotatable bonds is 5. The molecule has 1 aliphatic rings. The Bertz CT molecular complexity index is 512. The summed E-state index contributed by atoms with van der Waals surface area (Å²) in [5.74, 6) is 0.516. The third-order valence-corrected chi connectivity index (χ3v) is 3.37. The molecule has 0 aromatic heterocycles. The first kappa shape index (κ1) is 14.3. The quantitative estimate of drug-likeness (QED) is 0.810. The molecular formula is C14H17NO5. The topological polar surface area (TPSA) is 76.1 Å². The number of methoxy groups -OCH3 is 2. The van der Waals surface area contributed by atoms with Crippen molar-refractivity contribution in [1.82, 2.24) is 4.90 Å². The monoisotopic (exact) mass is 279 g/mol. The van der Waals surface area contributed by atoms with Crippen LogP contribution in [0, 0.1) is 0 Å². The molecule has 2 amide bonds. The summed E-state index contributed by atoms with van der Waals surface area (Å²) in [5, 5.41) is 9.55. The minimum Gasteiger partial charge on any atom is -0.493 e. The molecule has 1 aromatic carbocycles. The van der Waals surface area contributed by atoms with Crippen LogP contribution in [0.1, 0.15) is 24.4 Å². The summed E-state index contributed by atoms with van der Waals surface area (Å²) < 4.78 is 10.3. The van der Waals surface area contributed by atoms with Gasteiger partial charge in [-0.1, -0.05) is 6.07 Å². The maximum Gasteiger partial charge on any atom is 0.230 e. The number of carbonyl (C=O) groups is 2. The molecule has 0 unspecified atom stereocenters. The summed E-state index contributed by atoms with van der Waals surface area (Å²) >= 11 is 0. The number of carbonyl (C=O) groups excluding carboxylic acids is 2. The molecule has 0 bridgehead atoms. The zero-order chi connectivity index (χ0) is 14.7. The Hall–Kier alpha value is -2.08. The van der Waals surface area contributed by atoms with Gasteiger partial charge in [0.15, 0.2) is 11.5 Å². The van der Waals surface area contributed by atoms with Crippen LogP contribution in [0.5, 0.6) is 11.5 Å². The number of aliphatic hydroxyl groups excluding tert-OH is 1. The minimum atomic E-state index is -0.683. The average Bonchev–Trinajstić information content (AvgIpc) is 2.80. The van der Waals surface area contributed by atoms with E-state index in [4.69, 9.17) is 9.47 Å². The molecule has 0 aliphatic carbocycles. The predicted molar refractivity (Wildman–Crippen MR) is 70.5 cm³/mol. The van der Waals surface area contributed by atoms with E-state index in [0.717, 1.165) is 4.90 Å². The van der Waals surface area contributed by atoms with Gasteiger partial charge in [0.05, 0.1) is 26.9 Å². The van der Waals surface area contributed by atoms with Crippen molar-refractivity contribution >= 4 is 11.8 Å². The number of ether oxygens (including phenoxy) is 2. The number of benzene rings is 1. The number of imide groups is 1. The Morgan fingerprint density at radius 2 is 1.75 bits per heavy atom. The third-order valence-electron chi connectivity index (χ3n) is 3.37. The van der Waals surface area contributed by atoms with Crippen LogP contribution < -0.4 is 9.47 Å². The van der Waals surface area contributed by atoms with Crippen molar-refractivity contribution in [3.63, 3.8) is 0 Å². The van der Waals surface area contributed by atoms with E-state index in [-0.39, 0.29) is 31.3 Å². The average molecular weight is 279 g/mol. The minimum absolute atomic E-state index is 0.197. The standard InChI is InChI=1S/C14H17NO5/c1-19-11-4-3-9(7-12(11)20-2)10(8-16)15-13(17)5-6-14(15)18/h3-4,7,10,16H,5-6,8H2,1-2H3/t10-/m1/s1. The van der Waals surface area contributed by atoms with E-state index < -0.39 is 6.04 Å². The lowest BCUT2D eigenvalue weighted by molar-refractivity contribution is -0.142. The van der Waals surface area contributed by atoms with Crippen LogP contribution in [0.25, 0.3) is 0 Å². The van der Waals surface area contributed by atoms with Crippen molar-refractivity contribution < 1.29 is 24.2 Å². The number of hydrogen-bond acceptors (Lipinski definition) is 5. The lowest BCUT2D eigenvalue weighted by atomic mass is 10.1. The van der Waals surface area contributed by atoms with Gasteiger partial charge < -0.3 is 14.6 Å². The molecule has 1 aromatic rings. The van der Waals surface area contributed by atoms with E-state index in [1.54, 1.807) is 18.2 Å². The van der Waals surface area contributed by atoms with E-state index >= 15 is 0 Å². The second-order valence-electron chi connectivity index (χ2n) is 4.47. The zero-order valence-electron chi connectivity index (χ0n) is 11.5. The molecule has 1 fully saturated rings. The summed E-state index contributed by atoms with van der Waals surface area (Å²) in [6.07, 6.45) is 0.394. The van der Waals surface area contributed by atoms with Gasteiger partial charge in [0.25, 0.3) is 0 Å². The molecule has 1 atom stereocenters. The first-order valence-electron chi connectivity index (χ1n) is 6.30. The molecule has 0 spiro atoms. The molecular weight excluding hydrogens is 262 g/mol. The van der Waals surface area contributed by atoms with Crippen LogP contribution in [0.15, 0.2) is 18.2 Å². The number of nitrogens with zero attached hydrogens (tertiary/aromatic N) is 1. The SMILES string of the molecule is COc1ccc([C@@H](CO)N2C(=O)CCC2=O)cc1OC. The number of amides is 2. The molecule has 0 saturated carbocycles. The molecule has 1 aliphatic heterocycles. The Kier molecular flexibility index (Phi) is 4.24. The lowest BCUT2D eigenvalue weighted by Crippen LogP contribution is -2.35. The fourth-order valence-corrected chi connectivity index (χ4v) is 2.34. The Morgan fingerprint density at radius 1 is 1.15 bits per heavy atom. The van der Waals surface area contributed by atoms with Gasteiger partial charge in [0.2, 0.25) is 11.8 Å². The maximum atomic E-state index is 11.8. The maximum absolute atomic E-state index is 11.8. The van der Waals surface area contributed by atoms with Crippen molar-refractivity contribution in [2.45, 2.75) is 18.9 Å². The predicted octanol–water partition coefficient (Wildman–Crippen LogP) is 0.886. The molecule has 2 rings (SSSR count). The van der Waals surface area contributed by atoms with E-state index in [1.165, 1.54) is 14.2 Å². The van der Waals surface area contributed by atoms with Crippen molar-refractivity contribution in [3.8, 4) is 11.5 Å². The summed E-state index contributed by atoms with van der Waals surface area (Å²) in [5.41, 5.74) is 0.633. The summed E-state index contributed by atoms with van der Waals surface area (Å²) in [4.78, 5) is 24.7. The van der Waals surface area contributed by atoms with Crippen LogP contribution in [-0.4, -0.2) is 42.6 Å². The third kappa shape index (κ3) is 2.46. The van der Waals surface area contributed by atoms with Crippen LogP contribution >= 0.6 is 0 Å². The molecule has 1 heterocycles. The lowest BCUT2D eigenvalue weighted by Gasteiger charge is -2.25. The molecule has 108 valence electrons. The molecule has 1 N–H and O–H groups in total. The largest absolute Gasteiger partial charge is 0.493 e. The molecule has 6 nitrogen and oxygen atoms in total. The van der Waals surface area contributed by atoms with Gasteiger partial charge in [-0.3, -0.25) is 14.5 Å². The molecule has 6 heteroatoms. The summed E-state index contributed by atoms with van der Waals surface area (Å²) in [6, 6.07) is 4.37. The second kappa shape index (κ2) is 5.92. The Morgan fingerprint density at radius 3 is 2.25 bits per heavy atom. The first-order valence-corrected chi connectivity index (χ1v) is 6.30. The Labute approximate surface area is 116 Å². The van der Waals surface area contributed by atoms with Crippen LogP contribution in [0.2, 0.25) is 0 Å². The van der Waals surface area contributed by atoms with Gasteiger partial charge in [0.1, 0.15) is 0 Å². The van der Waals surface area contributed by atoms with Crippen molar-refractivity contribution in [2.24, 2.45) is 0 Å². The molecule has 0 radical (unpaired) electrons. The van der Waals surface area contributed by atoms with E-state index in [1.807, 2.05) is 0 Å². The molecule has 1 saturated heterocycles. The molecule has 20 heavy (non-hydrogen) atoms. The van der Waals surface area contributed by atoms with E-state index in [0.29, 0.717) is 17.1 Å². The fourth-order valence-electron chi connectivity index (χ4n) is 2.34. The van der Waals surface area contributed by atoms with Gasteiger partial charge in [-0.25, -0.2) is 0 Å². The van der Waals surface area contributed by atoms with Gasteiger partial charge in [-0.15, -0.1) is 0 Å². The van der Waals surface area contributed by atoms with E-state index in [2.05, 4.69) is 0 Å². The number of hydrogen-bond donors (Lipinski definition) is 1. The highest BCUT2D eigenvalue weighted by atomic mass is 16.5. The smallest absolute Gasteiger partial charge is 0.230 e. The first-order chi connectivity index (χ1) is 9.62. The summed E-state index contributed by atoms with van der Waals surface area (Å²) in [7, 11) is 3.02. The highest BCUT2D eigenvalue weighted by Gasteiger charge is 2.35. The second-order valence-corrected chi connectivity index (χ2v) is 4.47. The van der Waals surface area contributed by atoms with Gasteiger partial charge in [-0.05, 0) is 17.7 Å².